The molecular weight excluding hydrogens is 320 g/mol. The molecule has 2 aromatic rings. The Balaban J connectivity index is 1.49. The monoisotopic (exact) mass is 342 g/mol. The smallest absolute Gasteiger partial charge is 0.253 e. The van der Waals surface area contributed by atoms with E-state index in [0.29, 0.717) is 26.2 Å². The number of aromatic amines is 1. The number of H-pyrrole nitrogens is 1. The molecule has 0 spiro atoms. The summed E-state index contributed by atoms with van der Waals surface area (Å²) in [5.74, 6) is 1.70. The topological polar surface area (TPSA) is 79.5 Å². The first-order chi connectivity index (χ1) is 12.2. The second-order valence-electron chi connectivity index (χ2n) is 6.31. The number of morpholine rings is 1. The Morgan fingerprint density at radius 3 is 2.92 bits per heavy atom. The van der Waals surface area contributed by atoms with Crippen molar-refractivity contribution in [1.82, 2.24) is 20.2 Å². The van der Waals surface area contributed by atoms with Crippen LogP contribution >= 0.6 is 0 Å². The van der Waals surface area contributed by atoms with Gasteiger partial charge in [-0.2, -0.15) is 0 Å². The van der Waals surface area contributed by atoms with Crippen molar-refractivity contribution in [3.63, 3.8) is 0 Å². The Labute approximate surface area is 146 Å². The van der Waals surface area contributed by atoms with E-state index in [1.54, 1.807) is 7.11 Å². The molecule has 132 valence electrons. The predicted octanol–water partition coefficient (Wildman–Crippen LogP) is 0.958. The van der Waals surface area contributed by atoms with Gasteiger partial charge in [0.05, 0.1) is 31.6 Å². The highest BCUT2D eigenvalue weighted by Crippen LogP contribution is 2.25. The molecule has 1 saturated heterocycles. The lowest BCUT2D eigenvalue weighted by Gasteiger charge is -2.31. The maximum absolute atomic E-state index is 12.6. The zero-order valence-corrected chi connectivity index (χ0v) is 14.2. The van der Waals surface area contributed by atoms with Crippen molar-refractivity contribution < 1.29 is 14.3 Å². The maximum Gasteiger partial charge on any atom is 0.253 e. The summed E-state index contributed by atoms with van der Waals surface area (Å²) in [5, 5.41) is 3.21. The summed E-state index contributed by atoms with van der Waals surface area (Å²) in [7, 11) is 1.65. The standard InChI is InChI=1S/C18H22N4O3/c1-24-13-4-2-12(3-5-13)17-20-14-6-8-22(11-15(14)21-17)18(23)16-10-19-7-9-25-16/h2-5,16,19H,6-11H2,1H3,(H,20,21). The Bertz CT molecular complexity index is 750. The van der Waals surface area contributed by atoms with Gasteiger partial charge in [-0.05, 0) is 24.3 Å². The lowest BCUT2D eigenvalue weighted by Crippen LogP contribution is -2.50. The molecule has 1 aromatic heterocycles. The molecule has 7 heteroatoms. The van der Waals surface area contributed by atoms with Crippen LogP contribution in [-0.2, 0) is 22.5 Å². The number of methoxy groups -OCH3 is 1. The Hall–Kier alpha value is -2.38. The van der Waals surface area contributed by atoms with Crippen LogP contribution < -0.4 is 10.1 Å². The van der Waals surface area contributed by atoms with Crippen LogP contribution in [0.25, 0.3) is 11.4 Å². The minimum atomic E-state index is -0.376. The lowest BCUT2D eigenvalue weighted by atomic mass is 10.1. The number of ether oxygens (including phenoxy) is 2. The fraction of sp³-hybridized carbons (Fsp3) is 0.444. The van der Waals surface area contributed by atoms with Crippen LogP contribution in [0.5, 0.6) is 5.75 Å². The van der Waals surface area contributed by atoms with Crippen LogP contribution in [-0.4, -0.2) is 60.2 Å². The summed E-state index contributed by atoms with van der Waals surface area (Å²) < 4.78 is 10.8. The molecule has 0 saturated carbocycles. The Morgan fingerprint density at radius 2 is 2.20 bits per heavy atom. The highest BCUT2D eigenvalue weighted by atomic mass is 16.5. The minimum Gasteiger partial charge on any atom is -0.497 e. The fourth-order valence-corrected chi connectivity index (χ4v) is 3.30. The quantitative estimate of drug-likeness (QED) is 0.868. The third kappa shape index (κ3) is 3.25. The van der Waals surface area contributed by atoms with E-state index in [1.165, 1.54) is 0 Å². The van der Waals surface area contributed by atoms with E-state index in [1.807, 2.05) is 29.2 Å². The van der Waals surface area contributed by atoms with Gasteiger partial charge in [0, 0.05) is 31.6 Å². The average Bonchev–Trinajstić information content (AvgIpc) is 3.11. The van der Waals surface area contributed by atoms with E-state index in [4.69, 9.17) is 14.5 Å². The van der Waals surface area contributed by atoms with Crippen LogP contribution in [0, 0.1) is 0 Å². The van der Waals surface area contributed by atoms with Crippen LogP contribution in [0.15, 0.2) is 24.3 Å². The zero-order valence-electron chi connectivity index (χ0n) is 14.2. The molecule has 1 aromatic carbocycles. The first-order valence-electron chi connectivity index (χ1n) is 8.58. The van der Waals surface area contributed by atoms with Gasteiger partial charge >= 0.3 is 0 Å². The normalized spacial score (nSPS) is 20.2. The second kappa shape index (κ2) is 6.85. The van der Waals surface area contributed by atoms with Crippen molar-refractivity contribution in [1.29, 1.82) is 0 Å². The van der Waals surface area contributed by atoms with Gasteiger partial charge in [0.1, 0.15) is 17.7 Å². The molecule has 2 aliphatic rings. The van der Waals surface area contributed by atoms with Crippen LogP contribution in [0.3, 0.4) is 0 Å². The molecule has 7 nitrogen and oxygen atoms in total. The average molecular weight is 342 g/mol. The van der Waals surface area contributed by atoms with E-state index in [9.17, 15) is 4.79 Å². The largest absolute Gasteiger partial charge is 0.497 e. The molecule has 4 rings (SSSR count). The van der Waals surface area contributed by atoms with Gasteiger partial charge in [-0.15, -0.1) is 0 Å². The number of carbonyl (C=O) groups is 1. The van der Waals surface area contributed by atoms with Gasteiger partial charge in [-0.25, -0.2) is 4.98 Å². The van der Waals surface area contributed by atoms with Crippen LogP contribution in [0.2, 0.25) is 0 Å². The number of nitrogens with zero attached hydrogens (tertiary/aromatic N) is 2. The summed E-state index contributed by atoms with van der Waals surface area (Å²) >= 11 is 0. The number of hydrogen-bond donors (Lipinski definition) is 2. The van der Waals surface area contributed by atoms with Crippen molar-refractivity contribution in [2.24, 2.45) is 0 Å². The third-order valence-electron chi connectivity index (χ3n) is 4.71. The SMILES string of the molecule is COc1ccc(-c2nc3c([nH]2)CN(C(=O)C2CNCCO2)CC3)cc1. The van der Waals surface area contributed by atoms with Crippen molar-refractivity contribution in [3.8, 4) is 17.1 Å². The number of aromatic nitrogens is 2. The highest BCUT2D eigenvalue weighted by molar-refractivity contribution is 5.81. The van der Waals surface area contributed by atoms with Crippen molar-refractivity contribution in [2.45, 2.75) is 19.1 Å². The van der Waals surface area contributed by atoms with Gasteiger partial charge in [-0.3, -0.25) is 4.79 Å². The summed E-state index contributed by atoms with van der Waals surface area (Å²) in [5.41, 5.74) is 3.06. The first kappa shape index (κ1) is 16.1. The van der Waals surface area contributed by atoms with Crippen molar-refractivity contribution in [2.75, 3.05) is 33.4 Å². The Kier molecular flexibility index (Phi) is 4.42. The molecule has 2 N–H and O–H groups in total. The van der Waals surface area contributed by atoms with E-state index in [2.05, 4.69) is 10.3 Å². The molecule has 1 atom stereocenters. The summed E-state index contributed by atoms with van der Waals surface area (Å²) in [6.07, 6.45) is 0.382. The number of amides is 1. The highest BCUT2D eigenvalue weighted by Gasteiger charge is 2.30. The summed E-state index contributed by atoms with van der Waals surface area (Å²) in [6, 6.07) is 7.79. The number of imidazole rings is 1. The molecule has 2 aliphatic heterocycles. The second-order valence-corrected chi connectivity index (χ2v) is 6.31. The first-order valence-corrected chi connectivity index (χ1v) is 8.58. The molecular formula is C18H22N4O3. The molecule has 1 unspecified atom stereocenters. The number of hydrogen-bond acceptors (Lipinski definition) is 5. The van der Waals surface area contributed by atoms with Crippen molar-refractivity contribution >= 4 is 5.91 Å². The fourth-order valence-electron chi connectivity index (χ4n) is 3.30. The third-order valence-corrected chi connectivity index (χ3v) is 4.71. The molecule has 3 heterocycles. The Morgan fingerprint density at radius 1 is 1.36 bits per heavy atom. The maximum atomic E-state index is 12.6. The van der Waals surface area contributed by atoms with Gasteiger partial charge < -0.3 is 24.7 Å². The van der Waals surface area contributed by atoms with Gasteiger partial charge in [0.2, 0.25) is 0 Å². The number of rotatable bonds is 3. The van der Waals surface area contributed by atoms with Crippen LogP contribution in [0.4, 0.5) is 0 Å². The van der Waals surface area contributed by atoms with Gasteiger partial charge in [0.25, 0.3) is 5.91 Å². The van der Waals surface area contributed by atoms with Gasteiger partial charge in [-0.1, -0.05) is 0 Å². The predicted molar refractivity (Wildman–Crippen MR) is 92.3 cm³/mol. The van der Waals surface area contributed by atoms with Gasteiger partial charge in [0.15, 0.2) is 0 Å². The number of nitrogens with one attached hydrogen (secondary N) is 2. The molecule has 0 bridgehead atoms. The number of benzene rings is 1. The molecule has 1 fully saturated rings. The van der Waals surface area contributed by atoms with E-state index >= 15 is 0 Å². The van der Waals surface area contributed by atoms with Crippen LogP contribution in [0.1, 0.15) is 11.4 Å². The molecule has 25 heavy (non-hydrogen) atoms. The van der Waals surface area contributed by atoms with E-state index in [0.717, 1.165) is 41.5 Å². The molecule has 0 aliphatic carbocycles. The minimum absolute atomic E-state index is 0.0541. The number of carbonyl (C=O) groups excluding carboxylic acids is 1. The lowest BCUT2D eigenvalue weighted by molar-refractivity contribution is -0.146. The van der Waals surface area contributed by atoms with E-state index in [-0.39, 0.29) is 12.0 Å². The summed E-state index contributed by atoms with van der Waals surface area (Å²) in [6.45, 7) is 3.21. The molecule has 0 radical (unpaired) electrons. The van der Waals surface area contributed by atoms with E-state index < -0.39 is 0 Å². The number of fused-ring (bicyclic) bond motifs is 1. The van der Waals surface area contributed by atoms with Crippen molar-refractivity contribution in [3.05, 3.63) is 35.7 Å². The summed E-state index contributed by atoms with van der Waals surface area (Å²) in [4.78, 5) is 22.6. The molecule has 1 amide bonds. The zero-order chi connectivity index (χ0) is 17.2.